The van der Waals surface area contributed by atoms with E-state index in [1.807, 2.05) is 0 Å². The number of aromatic nitrogens is 2. The average molecular weight is 651 g/mol. The fourth-order valence-electron chi connectivity index (χ4n) is 4.34. The number of halogens is 1. The number of non-ortho nitro benzene ring substituents is 1. The number of benzene rings is 1. The van der Waals surface area contributed by atoms with Gasteiger partial charge < -0.3 is 49.3 Å². The first-order chi connectivity index (χ1) is 20.7. The Morgan fingerprint density at radius 1 is 1.05 bits per heavy atom. The van der Waals surface area contributed by atoms with Crippen molar-refractivity contribution >= 4 is 45.3 Å². The predicted octanol–water partition coefficient (Wildman–Crippen LogP) is 0.814. The molecule has 0 unspecified atom stereocenters. The molecular weight excluding hydrogens is 620 g/mol. The molecule has 2 bridgehead atoms. The second kappa shape index (κ2) is 15.7. The van der Waals surface area contributed by atoms with Crippen LogP contribution in [-0.2, 0) is 28.4 Å². The molecule has 3 heterocycles. The standard InChI is InChI=1S/C23H31ClN6O12S/c24-21-27-22(43-28-21)26-17-18(31)19(32)23(13-41-20(17)42-23)12-40-10-9-39-8-7-38-6-5-37-4-3-25-15-2-1-14(29(33)34)11-16(15)30(35)36/h1-2,11,17-20,25,31-32H,3-10,12-13H2,(H,26,27,28)/t17-,18-,19-,20+,23+/m1/s1. The minimum Gasteiger partial charge on any atom is -0.388 e. The number of nitro groups is 2. The highest BCUT2D eigenvalue weighted by Crippen LogP contribution is 2.38. The van der Waals surface area contributed by atoms with Gasteiger partial charge in [0.2, 0.25) is 10.4 Å². The topological polar surface area (TPSA) is 232 Å². The van der Waals surface area contributed by atoms with Crippen molar-refractivity contribution in [2.24, 2.45) is 0 Å². The molecule has 0 amide bonds. The van der Waals surface area contributed by atoms with Gasteiger partial charge in [0.1, 0.15) is 29.5 Å². The van der Waals surface area contributed by atoms with Crippen LogP contribution in [0.2, 0.25) is 5.28 Å². The summed E-state index contributed by atoms with van der Waals surface area (Å²) in [6, 6.07) is 2.60. The number of fused-ring (bicyclic) bond motifs is 2. The van der Waals surface area contributed by atoms with Crippen molar-refractivity contribution in [3.8, 4) is 0 Å². The smallest absolute Gasteiger partial charge is 0.299 e. The van der Waals surface area contributed by atoms with Gasteiger partial charge in [0, 0.05) is 24.1 Å². The molecule has 238 valence electrons. The summed E-state index contributed by atoms with van der Waals surface area (Å²) < 4.78 is 37.3. The van der Waals surface area contributed by atoms with Gasteiger partial charge in [-0.1, -0.05) is 0 Å². The maximum atomic E-state index is 11.1. The number of nitrogens with one attached hydrogen (secondary N) is 2. The maximum absolute atomic E-state index is 11.1. The van der Waals surface area contributed by atoms with Gasteiger partial charge in [-0.25, -0.2) is 0 Å². The molecule has 43 heavy (non-hydrogen) atoms. The van der Waals surface area contributed by atoms with Crippen LogP contribution in [0, 0.1) is 20.2 Å². The largest absolute Gasteiger partial charge is 0.388 e. The van der Waals surface area contributed by atoms with Gasteiger partial charge in [-0.15, -0.1) is 0 Å². The molecule has 1 aromatic carbocycles. The van der Waals surface area contributed by atoms with E-state index < -0.39 is 40.0 Å². The van der Waals surface area contributed by atoms with Crippen LogP contribution in [0.1, 0.15) is 0 Å². The Morgan fingerprint density at radius 3 is 2.35 bits per heavy atom. The van der Waals surface area contributed by atoms with E-state index in [2.05, 4.69) is 20.0 Å². The third-order valence-corrected chi connectivity index (χ3v) is 7.39. The summed E-state index contributed by atoms with van der Waals surface area (Å²) in [6.07, 6.45) is -3.31. The lowest BCUT2D eigenvalue weighted by Crippen LogP contribution is -2.64. The van der Waals surface area contributed by atoms with E-state index in [1.54, 1.807) is 0 Å². The van der Waals surface area contributed by atoms with E-state index in [-0.39, 0.29) is 68.5 Å². The van der Waals surface area contributed by atoms with Crippen molar-refractivity contribution in [2.45, 2.75) is 30.1 Å². The highest BCUT2D eigenvalue weighted by molar-refractivity contribution is 7.09. The van der Waals surface area contributed by atoms with Crippen molar-refractivity contribution in [2.75, 3.05) is 76.6 Å². The molecule has 4 N–H and O–H groups in total. The van der Waals surface area contributed by atoms with Gasteiger partial charge in [0.25, 0.3) is 11.4 Å². The zero-order chi connectivity index (χ0) is 30.8. The van der Waals surface area contributed by atoms with Crippen molar-refractivity contribution in [1.29, 1.82) is 0 Å². The summed E-state index contributed by atoms with van der Waals surface area (Å²) in [6.45, 7) is 2.23. The van der Waals surface area contributed by atoms with E-state index in [9.17, 15) is 30.4 Å². The molecule has 18 nitrogen and oxygen atoms in total. The molecule has 0 saturated carbocycles. The molecular formula is C23H31ClN6O12S. The fraction of sp³-hybridized carbons (Fsp3) is 0.652. The first-order valence-electron chi connectivity index (χ1n) is 13.1. The number of nitrogens with zero attached hydrogens (tertiary/aromatic N) is 4. The normalized spacial score (nSPS) is 24.6. The van der Waals surface area contributed by atoms with Gasteiger partial charge in [-0.05, 0) is 17.7 Å². The number of hydrogen-bond donors (Lipinski definition) is 4. The lowest BCUT2D eigenvalue weighted by atomic mass is 9.88. The van der Waals surface area contributed by atoms with Crippen LogP contribution in [0.15, 0.2) is 18.2 Å². The zero-order valence-electron chi connectivity index (χ0n) is 22.7. The summed E-state index contributed by atoms with van der Waals surface area (Å²) in [5, 5.41) is 49.5. The third-order valence-electron chi connectivity index (χ3n) is 6.47. The number of ether oxygens (including phenoxy) is 6. The Labute approximate surface area is 253 Å². The Morgan fingerprint density at radius 2 is 1.72 bits per heavy atom. The number of aliphatic hydroxyl groups excluding tert-OH is 2. The van der Waals surface area contributed by atoms with Crippen LogP contribution >= 0.6 is 23.1 Å². The molecule has 0 aliphatic carbocycles. The summed E-state index contributed by atoms with van der Waals surface area (Å²) in [5.41, 5.74) is -1.80. The molecule has 2 aliphatic heterocycles. The maximum Gasteiger partial charge on any atom is 0.299 e. The molecule has 4 rings (SSSR count). The third kappa shape index (κ3) is 8.85. The summed E-state index contributed by atoms with van der Waals surface area (Å²) in [7, 11) is 0. The minimum atomic E-state index is -1.28. The van der Waals surface area contributed by atoms with Gasteiger partial charge in [0.15, 0.2) is 6.29 Å². The molecule has 2 aromatic rings. The van der Waals surface area contributed by atoms with Crippen molar-refractivity contribution in [3.63, 3.8) is 0 Å². The Bertz CT molecular complexity index is 1230. The van der Waals surface area contributed by atoms with Crippen LogP contribution in [0.5, 0.6) is 0 Å². The van der Waals surface area contributed by atoms with Gasteiger partial charge in [-0.3, -0.25) is 20.2 Å². The number of nitro benzene ring substituents is 2. The lowest BCUT2D eigenvalue weighted by Gasteiger charge is -2.42. The zero-order valence-corrected chi connectivity index (χ0v) is 24.2. The SMILES string of the molecule is O=[N+]([O-])c1ccc(NCCOCCOCCOCCOC[C@@]23CO[C@@H](O2)[C@H](Nc2nc(Cl)ns2)[C@@H](O)[C@H]3O)c([N+](=O)[O-])c1. The highest BCUT2D eigenvalue weighted by atomic mass is 35.5. The Kier molecular flexibility index (Phi) is 12.1. The van der Waals surface area contributed by atoms with Crippen LogP contribution in [0.3, 0.4) is 0 Å². The fourth-order valence-corrected chi connectivity index (χ4v) is 5.10. The summed E-state index contributed by atoms with van der Waals surface area (Å²) >= 11 is 6.74. The lowest BCUT2D eigenvalue weighted by molar-refractivity contribution is -0.393. The number of anilines is 2. The molecule has 0 radical (unpaired) electrons. The van der Waals surface area contributed by atoms with Crippen molar-refractivity contribution in [1.82, 2.24) is 9.36 Å². The molecule has 2 aliphatic rings. The number of rotatable bonds is 19. The molecule has 2 fully saturated rings. The molecule has 0 spiro atoms. The van der Waals surface area contributed by atoms with Crippen LogP contribution in [-0.4, -0.2) is 126 Å². The quantitative estimate of drug-likeness (QED) is 0.0935. The highest BCUT2D eigenvalue weighted by Gasteiger charge is 2.59. The van der Waals surface area contributed by atoms with Gasteiger partial charge in [-0.2, -0.15) is 9.36 Å². The average Bonchev–Trinajstić information content (AvgIpc) is 3.59. The first kappa shape index (κ1) is 33.1. The minimum absolute atomic E-state index is 0.0112. The van der Waals surface area contributed by atoms with Crippen LogP contribution < -0.4 is 10.6 Å². The van der Waals surface area contributed by atoms with E-state index in [1.165, 1.54) is 12.1 Å². The molecule has 20 heteroatoms. The van der Waals surface area contributed by atoms with Crippen LogP contribution in [0.4, 0.5) is 22.2 Å². The predicted molar refractivity (Wildman–Crippen MR) is 149 cm³/mol. The summed E-state index contributed by atoms with van der Waals surface area (Å²) in [4.78, 5) is 24.5. The van der Waals surface area contributed by atoms with Gasteiger partial charge >= 0.3 is 0 Å². The Hall–Kier alpha value is -2.85. The second-order valence-corrected chi connectivity index (χ2v) is 10.5. The van der Waals surface area contributed by atoms with Gasteiger partial charge in [0.05, 0.1) is 75.4 Å². The Balaban J connectivity index is 1.00. The number of aliphatic hydroxyl groups is 2. The molecule has 2 saturated heterocycles. The molecule has 5 atom stereocenters. The van der Waals surface area contributed by atoms with Crippen molar-refractivity contribution < 1.29 is 48.5 Å². The van der Waals surface area contributed by atoms with E-state index in [4.69, 9.17) is 40.0 Å². The van der Waals surface area contributed by atoms with E-state index >= 15 is 0 Å². The summed E-state index contributed by atoms with van der Waals surface area (Å²) in [5.74, 6) is 0. The number of hydrogen-bond acceptors (Lipinski definition) is 17. The first-order valence-corrected chi connectivity index (χ1v) is 14.2. The van der Waals surface area contributed by atoms with Crippen molar-refractivity contribution in [3.05, 3.63) is 43.7 Å². The van der Waals surface area contributed by atoms with E-state index in [0.717, 1.165) is 17.6 Å². The van der Waals surface area contributed by atoms with Crippen LogP contribution in [0.25, 0.3) is 0 Å². The molecule has 1 aromatic heterocycles. The second-order valence-electron chi connectivity index (χ2n) is 9.37. The van der Waals surface area contributed by atoms with E-state index in [0.29, 0.717) is 25.0 Å². The monoisotopic (exact) mass is 650 g/mol.